The number of hydrogen-bond donors (Lipinski definition) is 1. The van der Waals surface area contributed by atoms with Crippen molar-refractivity contribution in [2.75, 3.05) is 5.32 Å². The Kier molecular flexibility index (Phi) is 5.16. The van der Waals surface area contributed by atoms with Gasteiger partial charge in [0.15, 0.2) is 0 Å². The van der Waals surface area contributed by atoms with Crippen LogP contribution in [0.15, 0.2) is 42.5 Å². The first-order valence-corrected chi connectivity index (χ1v) is 8.82. The van der Waals surface area contributed by atoms with Crippen LogP contribution >= 0.6 is 22.9 Å². The molecule has 0 fully saturated rings. The number of aromatic nitrogens is 1. The lowest BCUT2D eigenvalue weighted by Gasteiger charge is -2.06. The van der Waals surface area contributed by atoms with Crippen molar-refractivity contribution >= 4 is 34.3 Å². The van der Waals surface area contributed by atoms with Crippen molar-refractivity contribution in [3.8, 4) is 17.3 Å². The molecular weight excluding hydrogens is 372 g/mol. The maximum Gasteiger partial charge on any atom is 0.270 e. The van der Waals surface area contributed by atoms with Crippen LogP contribution in [-0.2, 0) is 6.54 Å². The third-order valence-corrected chi connectivity index (χ3v) is 4.95. The Hall–Kier alpha value is -2.95. The number of nitro benzene ring substituents is 1. The van der Waals surface area contributed by atoms with E-state index in [-0.39, 0.29) is 11.3 Å². The molecule has 0 aliphatic heterocycles. The second-order valence-corrected chi connectivity index (χ2v) is 7.20. The van der Waals surface area contributed by atoms with Gasteiger partial charge >= 0.3 is 0 Å². The minimum atomic E-state index is -0.521. The van der Waals surface area contributed by atoms with Gasteiger partial charge in [0.1, 0.15) is 11.1 Å². The molecule has 2 aromatic carbocycles. The number of benzene rings is 2. The van der Waals surface area contributed by atoms with Gasteiger partial charge in [-0.05, 0) is 25.1 Å². The summed E-state index contributed by atoms with van der Waals surface area (Å²) in [6.07, 6.45) is 0. The molecule has 0 saturated heterocycles. The number of non-ortho nitro benzene ring substituents is 1. The number of thiazole rings is 1. The van der Waals surface area contributed by atoms with Crippen molar-refractivity contribution in [2.45, 2.75) is 13.5 Å². The smallest absolute Gasteiger partial charge is 0.270 e. The van der Waals surface area contributed by atoms with Crippen LogP contribution in [0.25, 0.3) is 11.3 Å². The summed E-state index contributed by atoms with van der Waals surface area (Å²) < 4.78 is 0. The van der Waals surface area contributed by atoms with Crippen molar-refractivity contribution in [1.82, 2.24) is 4.98 Å². The van der Waals surface area contributed by atoms with Crippen LogP contribution in [0.1, 0.15) is 15.4 Å². The Labute approximate surface area is 158 Å². The number of nitriles is 1. The molecule has 1 aromatic heterocycles. The molecule has 0 bridgehead atoms. The summed E-state index contributed by atoms with van der Waals surface area (Å²) in [7, 11) is 0. The van der Waals surface area contributed by atoms with Crippen LogP contribution < -0.4 is 5.32 Å². The lowest BCUT2D eigenvalue weighted by atomic mass is 10.1. The van der Waals surface area contributed by atoms with Crippen molar-refractivity contribution in [3.63, 3.8) is 0 Å². The van der Waals surface area contributed by atoms with E-state index in [1.807, 2.05) is 37.3 Å². The predicted molar refractivity (Wildman–Crippen MR) is 102 cm³/mol. The number of rotatable bonds is 5. The highest BCUT2D eigenvalue weighted by Gasteiger charge is 2.13. The van der Waals surface area contributed by atoms with Crippen molar-refractivity contribution < 1.29 is 4.92 Å². The first-order valence-electron chi connectivity index (χ1n) is 7.62. The van der Waals surface area contributed by atoms with Gasteiger partial charge in [-0.2, -0.15) is 5.26 Å². The van der Waals surface area contributed by atoms with Gasteiger partial charge in [0.05, 0.1) is 28.4 Å². The molecule has 0 atom stereocenters. The monoisotopic (exact) mass is 384 g/mol. The van der Waals surface area contributed by atoms with Crippen LogP contribution in [0.3, 0.4) is 0 Å². The summed E-state index contributed by atoms with van der Waals surface area (Å²) in [4.78, 5) is 16.0. The van der Waals surface area contributed by atoms with E-state index in [1.54, 1.807) is 11.3 Å². The zero-order chi connectivity index (χ0) is 18.7. The van der Waals surface area contributed by atoms with E-state index in [4.69, 9.17) is 11.6 Å². The van der Waals surface area contributed by atoms with Crippen LogP contribution in [-0.4, -0.2) is 9.91 Å². The van der Waals surface area contributed by atoms with Gasteiger partial charge in [-0.15, -0.1) is 11.3 Å². The average Bonchev–Trinajstić information content (AvgIpc) is 3.01. The van der Waals surface area contributed by atoms with E-state index in [0.29, 0.717) is 17.3 Å². The van der Waals surface area contributed by atoms with Crippen LogP contribution in [0.5, 0.6) is 0 Å². The fraction of sp³-hybridized carbons (Fsp3) is 0.111. The van der Waals surface area contributed by atoms with Crippen LogP contribution in [0.2, 0.25) is 5.02 Å². The maximum absolute atomic E-state index is 10.8. The molecular formula is C18H13ClN4O2S. The van der Waals surface area contributed by atoms with Gasteiger partial charge < -0.3 is 5.32 Å². The molecule has 1 N–H and O–H groups in total. The lowest BCUT2D eigenvalue weighted by Crippen LogP contribution is -2.01. The lowest BCUT2D eigenvalue weighted by molar-refractivity contribution is -0.384. The fourth-order valence-electron chi connectivity index (χ4n) is 2.47. The molecule has 26 heavy (non-hydrogen) atoms. The number of aryl methyl sites for hydroxylation is 1. The molecule has 0 aliphatic rings. The number of anilines is 1. The predicted octanol–water partition coefficient (Wildman–Crippen LogP) is 5.16. The van der Waals surface area contributed by atoms with E-state index in [1.165, 1.54) is 18.2 Å². The molecule has 0 spiro atoms. The molecule has 0 radical (unpaired) electrons. The molecule has 3 aromatic rings. The highest BCUT2D eigenvalue weighted by molar-refractivity contribution is 7.12. The van der Waals surface area contributed by atoms with Gasteiger partial charge in [0.2, 0.25) is 0 Å². The molecule has 0 aliphatic carbocycles. The highest BCUT2D eigenvalue weighted by atomic mass is 35.5. The zero-order valence-corrected chi connectivity index (χ0v) is 15.3. The second-order valence-electron chi connectivity index (χ2n) is 5.47. The van der Waals surface area contributed by atoms with Crippen LogP contribution in [0.4, 0.5) is 11.4 Å². The normalized spacial score (nSPS) is 10.3. The number of nitrogens with zero attached hydrogens (tertiary/aromatic N) is 3. The number of nitrogens with one attached hydrogen (secondary N) is 1. The van der Waals surface area contributed by atoms with Gasteiger partial charge in [0, 0.05) is 27.6 Å². The summed E-state index contributed by atoms with van der Waals surface area (Å²) in [5, 5.41) is 24.7. The third-order valence-electron chi connectivity index (χ3n) is 3.72. The Morgan fingerprint density at radius 2 is 2.04 bits per heavy atom. The first kappa shape index (κ1) is 17.9. The molecule has 1 heterocycles. The molecule has 8 heteroatoms. The fourth-order valence-corrected chi connectivity index (χ4v) is 3.49. The second kappa shape index (κ2) is 7.52. The van der Waals surface area contributed by atoms with Crippen molar-refractivity contribution in [1.29, 1.82) is 5.26 Å². The van der Waals surface area contributed by atoms with Gasteiger partial charge in [-0.3, -0.25) is 10.1 Å². The van der Waals surface area contributed by atoms with E-state index < -0.39 is 4.92 Å². The SMILES string of the molecule is Cc1sc(CNc2ccc([N+](=O)[O-])cc2C#N)nc1-c1ccc(Cl)cc1. The summed E-state index contributed by atoms with van der Waals surface area (Å²) in [6, 6.07) is 13.6. The molecule has 0 unspecified atom stereocenters. The summed E-state index contributed by atoms with van der Waals surface area (Å²) in [5.41, 5.74) is 2.54. The topological polar surface area (TPSA) is 91.9 Å². The van der Waals surface area contributed by atoms with Crippen molar-refractivity contribution in [3.05, 3.63) is 73.0 Å². The van der Waals surface area contributed by atoms with Gasteiger partial charge in [0.25, 0.3) is 5.69 Å². The highest BCUT2D eigenvalue weighted by Crippen LogP contribution is 2.29. The third kappa shape index (κ3) is 3.82. The minimum Gasteiger partial charge on any atom is -0.377 e. The molecule has 0 saturated carbocycles. The molecule has 6 nitrogen and oxygen atoms in total. The standard InChI is InChI=1S/C18H13ClN4O2S/c1-11-18(12-2-4-14(19)5-3-12)22-17(26-11)10-21-16-7-6-15(23(24)25)8-13(16)9-20/h2-8,21H,10H2,1H3. The summed E-state index contributed by atoms with van der Waals surface area (Å²) in [6.45, 7) is 2.42. The number of hydrogen-bond acceptors (Lipinski definition) is 6. The minimum absolute atomic E-state index is 0.109. The molecule has 130 valence electrons. The largest absolute Gasteiger partial charge is 0.377 e. The van der Waals surface area contributed by atoms with E-state index in [2.05, 4.69) is 10.3 Å². The number of nitro groups is 1. The molecule has 3 rings (SSSR count). The van der Waals surface area contributed by atoms with E-state index in [0.717, 1.165) is 21.1 Å². The van der Waals surface area contributed by atoms with E-state index in [9.17, 15) is 15.4 Å². The van der Waals surface area contributed by atoms with Crippen LogP contribution in [0, 0.1) is 28.4 Å². The Balaban J connectivity index is 1.79. The first-order chi connectivity index (χ1) is 12.5. The number of halogens is 1. The Morgan fingerprint density at radius 3 is 2.69 bits per heavy atom. The zero-order valence-electron chi connectivity index (χ0n) is 13.7. The Bertz CT molecular complexity index is 1010. The van der Waals surface area contributed by atoms with Gasteiger partial charge in [-0.25, -0.2) is 4.98 Å². The van der Waals surface area contributed by atoms with E-state index >= 15 is 0 Å². The summed E-state index contributed by atoms with van der Waals surface area (Å²) >= 11 is 7.48. The summed E-state index contributed by atoms with van der Waals surface area (Å²) in [5.74, 6) is 0. The maximum atomic E-state index is 10.8. The van der Waals surface area contributed by atoms with Gasteiger partial charge in [-0.1, -0.05) is 23.7 Å². The van der Waals surface area contributed by atoms with Crippen molar-refractivity contribution in [2.24, 2.45) is 0 Å². The molecule has 0 amide bonds. The quantitative estimate of drug-likeness (QED) is 0.484. The average molecular weight is 385 g/mol. The Morgan fingerprint density at radius 1 is 1.31 bits per heavy atom.